The van der Waals surface area contributed by atoms with Gasteiger partial charge in [0.05, 0.1) is 12.5 Å². The van der Waals surface area contributed by atoms with Gasteiger partial charge in [-0.25, -0.2) is 0 Å². The first kappa shape index (κ1) is 19.3. The number of likely N-dealkylation sites (tertiary alicyclic amines) is 1. The summed E-state index contributed by atoms with van der Waals surface area (Å²) < 4.78 is 5.43. The van der Waals surface area contributed by atoms with E-state index in [2.05, 4.69) is 32.5 Å². The van der Waals surface area contributed by atoms with Crippen molar-refractivity contribution in [3.05, 3.63) is 72.1 Å². The van der Waals surface area contributed by atoms with E-state index in [1.807, 2.05) is 48.5 Å². The number of hydrogen-bond acceptors (Lipinski definition) is 5. The van der Waals surface area contributed by atoms with Crippen LogP contribution in [0.5, 0.6) is 0 Å². The predicted octanol–water partition coefficient (Wildman–Crippen LogP) is 3.31. The van der Waals surface area contributed by atoms with Gasteiger partial charge < -0.3 is 9.84 Å². The lowest BCUT2D eigenvalue weighted by atomic mass is 9.97. The predicted molar refractivity (Wildman–Crippen MR) is 111 cm³/mol. The normalized spacial score (nSPS) is 17.2. The minimum atomic E-state index is 0.0102. The maximum Gasteiger partial charge on any atom is 0.241 e. The molecule has 3 aromatic rings. The molecule has 1 aliphatic rings. The quantitative estimate of drug-likeness (QED) is 0.670. The highest BCUT2D eigenvalue weighted by Gasteiger charge is 2.26. The first-order valence-electron chi connectivity index (χ1n) is 10.2. The Bertz CT molecular complexity index is 911. The molecule has 4 rings (SSSR count). The van der Waals surface area contributed by atoms with Crippen molar-refractivity contribution in [2.45, 2.75) is 25.8 Å². The molecule has 29 heavy (non-hydrogen) atoms. The number of carbonyl (C=O) groups excluding carboxylic acids is 1. The molecule has 1 fully saturated rings. The first-order valence-corrected chi connectivity index (χ1v) is 10.2. The molecule has 1 unspecified atom stereocenters. The van der Waals surface area contributed by atoms with Crippen LogP contribution in [0.2, 0.25) is 0 Å². The van der Waals surface area contributed by atoms with E-state index in [0.29, 0.717) is 24.8 Å². The Kier molecular flexibility index (Phi) is 6.32. The third-order valence-electron chi connectivity index (χ3n) is 5.29. The highest BCUT2D eigenvalue weighted by molar-refractivity contribution is 5.79. The molecule has 1 atom stereocenters. The van der Waals surface area contributed by atoms with Gasteiger partial charge in [-0.15, -0.1) is 0 Å². The number of nitrogens with one attached hydrogen (secondary N) is 1. The van der Waals surface area contributed by atoms with Crippen molar-refractivity contribution in [1.82, 2.24) is 20.4 Å². The minimum Gasteiger partial charge on any atom is -0.355 e. The largest absolute Gasteiger partial charge is 0.355 e. The number of piperidine rings is 1. The molecule has 1 saturated heterocycles. The summed E-state index contributed by atoms with van der Waals surface area (Å²) >= 11 is 0. The van der Waals surface area contributed by atoms with Crippen LogP contribution < -0.4 is 5.32 Å². The number of aromatic nitrogens is 2. The van der Waals surface area contributed by atoms with Crippen LogP contribution in [0.1, 0.15) is 24.3 Å². The van der Waals surface area contributed by atoms with Crippen LogP contribution in [0.15, 0.2) is 65.2 Å². The van der Waals surface area contributed by atoms with Crippen molar-refractivity contribution in [3.8, 4) is 11.4 Å². The molecular formula is C23H26N4O2. The zero-order chi connectivity index (χ0) is 19.9. The van der Waals surface area contributed by atoms with E-state index >= 15 is 0 Å². The number of hydrogen-bond donors (Lipinski definition) is 1. The third-order valence-corrected chi connectivity index (χ3v) is 5.29. The maximum absolute atomic E-state index is 12.6. The van der Waals surface area contributed by atoms with E-state index in [0.717, 1.165) is 37.9 Å². The van der Waals surface area contributed by atoms with Gasteiger partial charge in [0.2, 0.25) is 17.6 Å². The van der Waals surface area contributed by atoms with Crippen molar-refractivity contribution in [2.24, 2.45) is 5.92 Å². The van der Waals surface area contributed by atoms with Crippen molar-refractivity contribution in [3.63, 3.8) is 0 Å². The van der Waals surface area contributed by atoms with E-state index in [9.17, 15) is 4.79 Å². The van der Waals surface area contributed by atoms with Gasteiger partial charge in [-0.1, -0.05) is 65.8 Å². The molecule has 6 heteroatoms. The number of rotatable bonds is 7. The zero-order valence-electron chi connectivity index (χ0n) is 16.5. The summed E-state index contributed by atoms with van der Waals surface area (Å²) in [6.07, 6.45) is 2.77. The third kappa shape index (κ3) is 5.29. The Morgan fingerprint density at radius 1 is 1.10 bits per heavy atom. The average Bonchev–Trinajstić information content (AvgIpc) is 3.24. The zero-order valence-corrected chi connectivity index (χ0v) is 16.5. The van der Waals surface area contributed by atoms with Gasteiger partial charge in [-0.2, -0.15) is 4.98 Å². The standard InChI is InChI=1S/C23H26N4O2/c28-23(24-14-13-18-8-3-1-4-9-18)20-12-7-15-27(16-20)17-21-25-22(26-29-21)19-10-5-2-6-11-19/h1-6,8-11,20H,7,12-17H2,(H,24,28). The van der Waals surface area contributed by atoms with Crippen LogP contribution in [0.4, 0.5) is 0 Å². The van der Waals surface area contributed by atoms with E-state index in [4.69, 9.17) is 4.52 Å². The van der Waals surface area contributed by atoms with Crippen LogP contribution in [0, 0.1) is 5.92 Å². The molecule has 1 aliphatic heterocycles. The summed E-state index contributed by atoms with van der Waals surface area (Å²) in [5.74, 6) is 1.35. The Balaban J connectivity index is 1.27. The molecule has 1 aromatic heterocycles. The Morgan fingerprint density at radius 2 is 1.86 bits per heavy atom. The van der Waals surface area contributed by atoms with Gasteiger partial charge in [0.15, 0.2) is 0 Å². The number of carbonyl (C=O) groups is 1. The molecule has 0 aliphatic carbocycles. The number of benzene rings is 2. The summed E-state index contributed by atoms with van der Waals surface area (Å²) in [5, 5.41) is 7.18. The van der Waals surface area contributed by atoms with Crippen LogP contribution >= 0.6 is 0 Å². The average molecular weight is 390 g/mol. The summed E-state index contributed by atoms with van der Waals surface area (Å²) in [7, 11) is 0. The summed E-state index contributed by atoms with van der Waals surface area (Å²) in [6, 6.07) is 20.0. The summed E-state index contributed by atoms with van der Waals surface area (Å²) in [4.78, 5) is 19.3. The lowest BCUT2D eigenvalue weighted by molar-refractivity contribution is -0.126. The summed E-state index contributed by atoms with van der Waals surface area (Å²) in [5.41, 5.74) is 2.18. The second-order valence-corrected chi connectivity index (χ2v) is 7.48. The Hall–Kier alpha value is -2.99. The van der Waals surface area contributed by atoms with Gasteiger partial charge in [-0.05, 0) is 31.4 Å². The van der Waals surface area contributed by atoms with E-state index in [1.165, 1.54) is 5.56 Å². The molecule has 0 spiro atoms. The van der Waals surface area contributed by atoms with Crippen molar-refractivity contribution in [1.29, 1.82) is 0 Å². The van der Waals surface area contributed by atoms with Gasteiger partial charge >= 0.3 is 0 Å². The van der Waals surface area contributed by atoms with Crippen LogP contribution in [-0.4, -0.2) is 40.6 Å². The molecule has 0 bridgehead atoms. The maximum atomic E-state index is 12.6. The molecule has 0 saturated carbocycles. The molecule has 150 valence electrons. The Labute approximate surface area is 170 Å². The van der Waals surface area contributed by atoms with Gasteiger partial charge in [0, 0.05) is 18.7 Å². The molecular weight excluding hydrogens is 364 g/mol. The monoisotopic (exact) mass is 390 g/mol. The number of amides is 1. The minimum absolute atomic E-state index is 0.0102. The van der Waals surface area contributed by atoms with Gasteiger partial charge in [-0.3, -0.25) is 9.69 Å². The van der Waals surface area contributed by atoms with Crippen molar-refractivity contribution in [2.75, 3.05) is 19.6 Å². The highest BCUT2D eigenvalue weighted by Crippen LogP contribution is 2.20. The fourth-order valence-electron chi connectivity index (χ4n) is 3.75. The van der Waals surface area contributed by atoms with Crippen LogP contribution in [0.3, 0.4) is 0 Å². The van der Waals surface area contributed by atoms with E-state index in [1.54, 1.807) is 0 Å². The fourth-order valence-corrected chi connectivity index (χ4v) is 3.75. The molecule has 2 aromatic carbocycles. The molecule has 6 nitrogen and oxygen atoms in total. The molecule has 0 radical (unpaired) electrons. The molecule has 1 amide bonds. The summed E-state index contributed by atoms with van der Waals surface area (Å²) in [6.45, 7) is 2.91. The highest BCUT2D eigenvalue weighted by atomic mass is 16.5. The van der Waals surface area contributed by atoms with Crippen molar-refractivity contribution >= 4 is 5.91 Å². The van der Waals surface area contributed by atoms with E-state index < -0.39 is 0 Å². The van der Waals surface area contributed by atoms with Gasteiger partial charge in [0.25, 0.3) is 0 Å². The van der Waals surface area contributed by atoms with Crippen LogP contribution in [-0.2, 0) is 17.8 Å². The molecule has 2 heterocycles. The smallest absolute Gasteiger partial charge is 0.241 e. The number of nitrogens with zero attached hydrogens (tertiary/aromatic N) is 3. The fraction of sp³-hybridized carbons (Fsp3) is 0.348. The second kappa shape index (κ2) is 9.47. The lowest BCUT2D eigenvalue weighted by Gasteiger charge is -2.30. The van der Waals surface area contributed by atoms with E-state index in [-0.39, 0.29) is 11.8 Å². The Morgan fingerprint density at radius 3 is 2.66 bits per heavy atom. The molecule has 1 N–H and O–H groups in total. The topological polar surface area (TPSA) is 71.3 Å². The van der Waals surface area contributed by atoms with Gasteiger partial charge in [0.1, 0.15) is 0 Å². The van der Waals surface area contributed by atoms with Crippen LogP contribution in [0.25, 0.3) is 11.4 Å². The lowest BCUT2D eigenvalue weighted by Crippen LogP contribution is -2.43. The van der Waals surface area contributed by atoms with Crippen molar-refractivity contribution < 1.29 is 9.32 Å². The SMILES string of the molecule is O=C(NCCc1ccccc1)C1CCCN(Cc2nc(-c3ccccc3)no2)C1. The first-order chi connectivity index (χ1) is 14.3. The second-order valence-electron chi connectivity index (χ2n) is 7.48.